The molecule has 30 heavy (non-hydrogen) atoms. The zero-order valence-electron chi connectivity index (χ0n) is 17.2. The monoisotopic (exact) mass is 429 g/mol. The highest BCUT2D eigenvalue weighted by Gasteiger charge is 2.42. The van der Waals surface area contributed by atoms with Gasteiger partial charge >= 0.3 is 11.9 Å². The smallest absolute Gasteiger partial charge is 0.338 e. The van der Waals surface area contributed by atoms with Crippen LogP contribution in [0.1, 0.15) is 48.0 Å². The number of nitrogens with zero attached hydrogens (tertiary/aromatic N) is 1. The summed E-state index contributed by atoms with van der Waals surface area (Å²) in [6.45, 7) is 7.86. The molecule has 2 aromatic carbocycles. The molecule has 0 aliphatic carbocycles. The van der Waals surface area contributed by atoms with Crippen LogP contribution in [0.15, 0.2) is 36.4 Å². The number of rotatable bonds is 6. The summed E-state index contributed by atoms with van der Waals surface area (Å²) in [6.07, 6.45) is 0. The van der Waals surface area contributed by atoms with Crippen LogP contribution < -0.4 is 0 Å². The number of aromatic hydroxyl groups is 1. The van der Waals surface area contributed by atoms with Gasteiger partial charge in [0.15, 0.2) is 0 Å². The Kier molecular flexibility index (Phi) is 5.56. The van der Waals surface area contributed by atoms with Crippen molar-refractivity contribution in [2.45, 2.75) is 39.7 Å². The molecule has 0 bridgehead atoms. The van der Waals surface area contributed by atoms with Crippen molar-refractivity contribution in [3.8, 4) is 5.75 Å². The topological polar surface area (TPSA) is 99.8 Å². The van der Waals surface area contributed by atoms with E-state index >= 15 is 0 Å². The Morgan fingerprint density at radius 1 is 1.13 bits per heavy atom. The maximum atomic E-state index is 12.6. The number of phenolic OH excluding ortho intramolecular Hbond substituents is 1. The third-order valence-electron chi connectivity index (χ3n) is 5.57. The van der Waals surface area contributed by atoms with Gasteiger partial charge in [0.05, 0.1) is 5.56 Å². The molecule has 0 saturated carbocycles. The summed E-state index contributed by atoms with van der Waals surface area (Å²) in [4.78, 5) is 24.8. The third-order valence-corrected chi connectivity index (χ3v) is 5.90. The number of phenols is 1. The molecule has 3 aromatic rings. The van der Waals surface area contributed by atoms with E-state index in [-0.39, 0.29) is 27.8 Å². The van der Waals surface area contributed by atoms with E-state index in [4.69, 9.17) is 11.6 Å². The minimum absolute atomic E-state index is 0.0741. The van der Waals surface area contributed by atoms with Crippen molar-refractivity contribution in [2.24, 2.45) is 5.92 Å². The molecule has 1 aromatic heterocycles. The highest BCUT2D eigenvalue weighted by molar-refractivity contribution is 6.32. The van der Waals surface area contributed by atoms with Crippen LogP contribution in [-0.2, 0) is 16.8 Å². The van der Waals surface area contributed by atoms with Crippen LogP contribution in [0.4, 0.5) is 0 Å². The first-order chi connectivity index (χ1) is 14.0. The van der Waals surface area contributed by atoms with Crippen LogP contribution in [0.5, 0.6) is 5.75 Å². The summed E-state index contributed by atoms with van der Waals surface area (Å²) >= 11 is 6.34. The molecule has 0 aliphatic heterocycles. The van der Waals surface area contributed by atoms with Crippen molar-refractivity contribution in [2.75, 3.05) is 0 Å². The maximum absolute atomic E-state index is 12.6. The number of carboxylic acids is 2. The molecule has 1 heterocycles. The number of aromatic carboxylic acids is 1. The molecular weight excluding hydrogens is 406 g/mol. The van der Waals surface area contributed by atoms with Gasteiger partial charge in [-0.2, -0.15) is 0 Å². The van der Waals surface area contributed by atoms with Gasteiger partial charge in [0.25, 0.3) is 0 Å². The van der Waals surface area contributed by atoms with Gasteiger partial charge in [-0.25, -0.2) is 4.79 Å². The molecule has 158 valence electrons. The van der Waals surface area contributed by atoms with E-state index in [1.807, 2.05) is 18.4 Å². The molecule has 0 radical (unpaired) electrons. The predicted octanol–water partition coefficient (Wildman–Crippen LogP) is 5.05. The fraction of sp³-hybridized carbons (Fsp3) is 0.304. The molecule has 0 aliphatic rings. The number of fused-ring (bicyclic) bond motifs is 1. The number of carbonyl (C=O) groups is 2. The molecule has 0 amide bonds. The minimum atomic E-state index is -1.68. The molecule has 0 spiro atoms. The second kappa shape index (κ2) is 7.69. The van der Waals surface area contributed by atoms with Crippen LogP contribution in [0.2, 0.25) is 5.02 Å². The molecule has 0 fully saturated rings. The minimum Gasteiger partial charge on any atom is -0.508 e. The van der Waals surface area contributed by atoms with Gasteiger partial charge in [-0.1, -0.05) is 37.6 Å². The number of halogens is 1. The van der Waals surface area contributed by atoms with Gasteiger partial charge < -0.3 is 19.9 Å². The second-order valence-corrected chi connectivity index (χ2v) is 8.47. The summed E-state index contributed by atoms with van der Waals surface area (Å²) in [7, 11) is 0. The van der Waals surface area contributed by atoms with Crippen molar-refractivity contribution in [3.05, 3.63) is 63.8 Å². The van der Waals surface area contributed by atoms with Gasteiger partial charge in [-0.15, -0.1) is 0 Å². The summed E-state index contributed by atoms with van der Waals surface area (Å²) in [6, 6.07) is 9.25. The zero-order valence-corrected chi connectivity index (χ0v) is 18.0. The highest BCUT2D eigenvalue weighted by atomic mass is 35.5. The van der Waals surface area contributed by atoms with E-state index in [9.17, 15) is 24.9 Å². The SMILES string of the molecule is Cc1c(C(=O)O)c2c(C(C)(C(=O)O)c3cc(O)ccc3Cl)cccc2n1CC(C)C. The lowest BCUT2D eigenvalue weighted by atomic mass is 9.74. The van der Waals surface area contributed by atoms with Crippen LogP contribution in [-0.4, -0.2) is 31.8 Å². The van der Waals surface area contributed by atoms with Crippen LogP contribution in [0.3, 0.4) is 0 Å². The van der Waals surface area contributed by atoms with E-state index in [1.54, 1.807) is 25.1 Å². The Hall–Kier alpha value is -2.99. The summed E-state index contributed by atoms with van der Waals surface area (Å²) in [5, 5.41) is 30.8. The largest absolute Gasteiger partial charge is 0.508 e. The predicted molar refractivity (Wildman–Crippen MR) is 116 cm³/mol. The van der Waals surface area contributed by atoms with Gasteiger partial charge in [-0.05, 0) is 55.2 Å². The lowest BCUT2D eigenvalue weighted by molar-refractivity contribution is -0.141. The Morgan fingerprint density at radius 3 is 2.37 bits per heavy atom. The molecular formula is C23H24ClNO5. The van der Waals surface area contributed by atoms with Crippen molar-refractivity contribution in [1.29, 1.82) is 0 Å². The van der Waals surface area contributed by atoms with E-state index in [2.05, 4.69) is 0 Å². The van der Waals surface area contributed by atoms with Gasteiger partial charge in [0.1, 0.15) is 11.2 Å². The second-order valence-electron chi connectivity index (χ2n) is 8.06. The van der Waals surface area contributed by atoms with E-state index in [0.29, 0.717) is 28.7 Å². The third kappa shape index (κ3) is 3.31. The summed E-state index contributed by atoms with van der Waals surface area (Å²) < 4.78 is 1.92. The van der Waals surface area contributed by atoms with Gasteiger partial charge in [0.2, 0.25) is 0 Å². The lowest BCUT2D eigenvalue weighted by Gasteiger charge is -2.28. The molecule has 7 heteroatoms. The molecule has 3 rings (SSSR count). The fourth-order valence-electron chi connectivity index (χ4n) is 4.08. The normalized spacial score (nSPS) is 13.5. The molecule has 6 nitrogen and oxygen atoms in total. The van der Waals surface area contributed by atoms with E-state index in [1.165, 1.54) is 25.1 Å². The average Bonchev–Trinajstić information content (AvgIpc) is 2.94. The Balaban J connectivity index is 2.49. The zero-order chi connectivity index (χ0) is 22.4. The van der Waals surface area contributed by atoms with Crippen LogP contribution in [0, 0.1) is 12.8 Å². The first-order valence-corrected chi connectivity index (χ1v) is 9.95. The standard InChI is InChI=1S/C23H24ClNO5/c1-12(2)11-25-13(3)19(21(27)28)20-15(6-5-7-18(20)25)23(4,22(29)30)16-10-14(26)8-9-17(16)24/h5-10,12,26H,11H2,1-4H3,(H,27,28)(H,29,30). The number of benzene rings is 2. The van der Waals surface area contributed by atoms with Gasteiger partial charge in [-0.3, -0.25) is 4.79 Å². The van der Waals surface area contributed by atoms with E-state index < -0.39 is 17.4 Å². The molecule has 0 saturated heterocycles. The van der Waals surface area contributed by atoms with Gasteiger partial charge in [0, 0.05) is 28.2 Å². The number of hydrogen-bond donors (Lipinski definition) is 3. The van der Waals surface area contributed by atoms with Crippen LogP contribution >= 0.6 is 11.6 Å². The van der Waals surface area contributed by atoms with E-state index in [0.717, 1.165) is 0 Å². The Morgan fingerprint density at radius 2 is 1.80 bits per heavy atom. The lowest BCUT2D eigenvalue weighted by Crippen LogP contribution is -2.34. The van der Waals surface area contributed by atoms with Crippen molar-refractivity contribution < 1.29 is 24.9 Å². The molecule has 3 N–H and O–H groups in total. The first-order valence-electron chi connectivity index (χ1n) is 9.58. The number of aliphatic carboxylic acids is 1. The summed E-state index contributed by atoms with van der Waals surface area (Å²) in [5.74, 6) is -2.19. The first kappa shape index (κ1) is 21.7. The average molecular weight is 430 g/mol. The quantitative estimate of drug-likeness (QED) is 0.509. The number of aromatic nitrogens is 1. The van der Waals surface area contributed by atoms with Crippen molar-refractivity contribution >= 4 is 34.4 Å². The molecule has 1 unspecified atom stereocenters. The maximum Gasteiger partial charge on any atom is 0.338 e. The van der Waals surface area contributed by atoms with Crippen molar-refractivity contribution in [3.63, 3.8) is 0 Å². The highest BCUT2D eigenvalue weighted by Crippen LogP contribution is 2.43. The Bertz CT molecular complexity index is 1160. The van der Waals surface area contributed by atoms with Crippen LogP contribution in [0.25, 0.3) is 10.9 Å². The molecule has 1 atom stereocenters. The number of carboxylic acid groups (broad SMARTS) is 2. The number of hydrogen-bond acceptors (Lipinski definition) is 3. The summed E-state index contributed by atoms with van der Waals surface area (Å²) in [5.41, 5.74) is 0.103. The Labute approximate surface area is 179 Å². The van der Waals surface area contributed by atoms with Crippen molar-refractivity contribution in [1.82, 2.24) is 4.57 Å². The fourth-order valence-corrected chi connectivity index (χ4v) is 4.38.